The van der Waals surface area contributed by atoms with Gasteiger partial charge in [0.25, 0.3) is 5.76 Å². The summed E-state index contributed by atoms with van der Waals surface area (Å²) in [7, 11) is 0. The number of hydrogen-bond donors (Lipinski definition) is 1. The van der Waals surface area contributed by atoms with E-state index in [1.807, 2.05) is 4.90 Å². The SMILES string of the molecule is CCOC(=O)C1CCCN(CC(=O)Nc2ccc(SC(F)F)cc2)C1. The van der Waals surface area contributed by atoms with E-state index in [2.05, 4.69) is 5.32 Å². The number of carbonyl (C=O) groups is 2. The maximum Gasteiger partial charge on any atom is 0.310 e. The maximum absolute atomic E-state index is 12.3. The Bertz CT molecular complexity index is 584. The average molecular weight is 372 g/mol. The highest BCUT2D eigenvalue weighted by molar-refractivity contribution is 7.99. The van der Waals surface area contributed by atoms with Gasteiger partial charge in [-0.2, -0.15) is 8.78 Å². The van der Waals surface area contributed by atoms with Crippen molar-refractivity contribution in [2.45, 2.75) is 30.4 Å². The number of thioether (sulfide) groups is 1. The van der Waals surface area contributed by atoms with Gasteiger partial charge in [0.05, 0.1) is 19.1 Å². The number of esters is 1. The zero-order valence-electron chi connectivity index (χ0n) is 14.0. The van der Waals surface area contributed by atoms with E-state index in [0.717, 1.165) is 19.4 Å². The highest BCUT2D eigenvalue weighted by Crippen LogP contribution is 2.26. The second-order valence-electron chi connectivity index (χ2n) is 5.78. The third-order valence-electron chi connectivity index (χ3n) is 3.86. The lowest BCUT2D eigenvalue weighted by Crippen LogP contribution is -2.43. The molecule has 0 spiro atoms. The lowest BCUT2D eigenvalue weighted by Gasteiger charge is -2.30. The number of amides is 1. The highest BCUT2D eigenvalue weighted by Gasteiger charge is 2.27. The molecule has 1 atom stereocenters. The van der Waals surface area contributed by atoms with Gasteiger partial charge in [-0.05, 0) is 50.6 Å². The minimum Gasteiger partial charge on any atom is -0.466 e. The molecule has 0 aromatic heterocycles. The van der Waals surface area contributed by atoms with Crippen molar-refractivity contribution < 1.29 is 23.1 Å². The maximum atomic E-state index is 12.3. The number of benzene rings is 1. The Hall–Kier alpha value is -1.67. The van der Waals surface area contributed by atoms with Gasteiger partial charge >= 0.3 is 5.97 Å². The van der Waals surface area contributed by atoms with Crippen LogP contribution in [-0.4, -0.2) is 48.8 Å². The second kappa shape index (κ2) is 9.72. The zero-order chi connectivity index (χ0) is 18.2. The third kappa shape index (κ3) is 6.62. The van der Waals surface area contributed by atoms with E-state index < -0.39 is 5.76 Å². The molecule has 0 bridgehead atoms. The zero-order valence-corrected chi connectivity index (χ0v) is 14.9. The summed E-state index contributed by atoms with van der Waals surface area (Å²) >= 11 is 0.463. The van der Waals surface area contributed by atoms with Gasteiger partial charge < -0.3 is 10.1 Å². The molecule has 1 aromatic rings. The fourth-order valence-corrected chi connectivity index (χ4v) is 3.27. The molecule has 0 saturated carbocycles. The molecule has 138 valence electrons. The molecule has 1 aliphatic heterocycles. The Kier molecular flexibility index (Phi) is 7.64. The van der Waals surface area contributed by atoms with E-state index in [1.165, 1.54) is 0 Å². The topological polar surface area (TPSA) is 58.6 Å². The van der Waals surface area contributed by atoms with Gasteiger partial charge in [-0.15, -0.1) is 0 Å². The van der Waals surface area contributed by atoms with Crippen LogP contribution in [0.2, 0.25) is 0 Å². The van der Waals surface area contributed by atoms with Gasteiger partial charge in [0.1, 0.15) is 0 Å². The molecular formula is C17H22F2N2O3S. The van der Waals surface area contributed by atoms with Crippen molar-refractivity contribution in [3.63, 3.8) is 0 Å². The summed E-state index contributed by atoms with van der Waals surface area (Å²) in [4.78, 5) is 26.4. The van der Waals surface area contributed by atoms with Crippen LogP contribution in [0, 0.1) is 5.92 Å². The first-order valence-corrected chi connectivity index (χ1v) is 9.09. The summed E-state index contributed by atoms with van der Waals surface area (Å²) in [5.74, 6) is -3.06. The predicted octanol–water partition coefficient (Wildman–Crippen LogP) is 3.21. The van der Waals surface area contributed by atoms with Crippen LogP contribution in [0.5, 0.6) is 0 Å². The number of carbonyl (C=O) groups excluding carboxylic acids is 2. The van der Waals surface area contributed by atoms with E-state index in [1.54, 1.807) is 31.2 Å². The number of anilines is 1. The van der Waals surface area contributed by atoms with Crippen LogP contribution in [0.25, 0.3) is 0 Å². The number of hydrogen-bond acceptors (Lipinski definition) is 5. The molecule has 0 aliphatic carbocycles. The van der Waals surface area contributed by atoms with Crippen molar-refractivity contribution in [3.8, 4) is 0 Å². The van der Waals surface area contributed by atoms with Gasteiger partial charge in [0.15, 0.2) is 0 Å². The minimum absolute atomic E-state index is 0.184. The van der Waals surface area contributed by atoms with E-state index >= 15 is 0 Å². The van der Waals surface area contributed by atoms with Crippen LogP contribution in [0.4, 0.5) is 14.5 Å². The van der Waals surface area contributed by atoms with Gasteiger partial charge in [-0.25, -0.2) is 0 Å². The van der Waals surface area contributed by atoms with Crippen molar-refractivity contribution >= 4 is 29.3 Å². The molecule has 1 heterocycles. The van der Waals surface area contributed by atoms with Crippen LogP contribution in [0.15, 0.2) is 29.2 Å². The molecular weight excluding hydrogens is 350 g/mol. The fraction of sp³-hybridized carbons (Fsp3) is 0.529. The number of piperidine rings is 1. The highest BCUT2D eigenvalue weighted by atomic mass is 32.2. The molecule has 2 rings (SSSR count). The van der Waals surface area contributed by atoms with E-state index in [4.69, 9.17) is 4.74 Å². The number of nitrogens with one attached hydrogen (secondary N) is 1. The summed E-state index contributed by atoms with van der Waals surface area (Å²) in [6.45, 7) is 3.58. The standard InChI is InChI=1S/C17H22F2N2O3S/c1-2-24-16(23)12-4-3-9-21(10-12)11-15(22)20-13-5-7-14(8-6-13)25-17(18)19/h5-8,12,17H,2-4,9-11H2,1H3,(H,20,22). The van der Waals surface area contributed by atoms with Crippen molar-refractivity contribution in [1.29, 1.82) is 0 Å². The Morgan fingerprint density at radius 1 is 1.36 bits per heavy atom. The first-order valence-electron chi connectivity index (χ1n) is 8.21. The van der Waals surface area contributed by atoms with Gasteiger partial charge in [-0.3, -0.25) is 14.5 Å². The molecule has 1 amide bonds. The Labute approximate surface area is 150 Å². The number of ether oxygens (including phenoxy) is 1. The van der Waals surface area contributed by atoms with E-state index in [0.29, 0.717) is 35.5 Å². The lowest BCUT2D eigenvalue weighted by atomic mass is 9.98. The molecule has 0 radical (unpaired) electrons. The van der Waals surface area contributed by atoms with Crippen molar-refractivity contribution in [3.05, 3.63) is 24.3 Å². The van der Waals surface area contributed by atoms with Gasteiger partial charge in [-0.1, -0.05) is 11.8 Å². The van der Waals surface area contributed by atoms with Crippen LogP contribution in [0.3, 0.4) is 0 Å². The molecule has 1 aromatic carbocycles. The number of rotatable bonds is 7. The summed E-state index contributed by atoms with van der Waals surface area (Å²) in [5.41, 5.74) is 0.558. The molecule has 1 aliphatic rings. The first kappa shape index (κ1) is 19.7. The van der Waals surface area contributed by atoms with E-state index in [-0.39, 0.29) is 24.3 Å². The van der Waals surface area contributed by atoms with Gasteiger partial charge in [0.2, 0.25) is 5.91 Å². The Morgan fingerprint density at radius 3 is 2.72 bits per heavy atom. The average Bonchev–Trinajstić information content (AvgIpc) is 2.56. The van der Waals surface area contributed by atoms with Crippen LogP contribution in [0.1, 0.15) is 19.8 Å². The summed E-state index contributed by atoms with van der Waals surface area (Å²) < 4.78 is 29.6. The number of nitrogens with zero attached hydrogens (tertiary/aromatic N) is 1. The summed E-state index contributed by atoms with van der Waals surface area (Å²) in [6.07, 6.45) is 1.62. The predicted molar refractivity (Wildman–Crippen MR) is 92.7 cm³/mol. The quantitative estimate of drug-likeness (QED) is 0.588. The molecule has 1 saturated heterocycles. The van der Waals surface area contributed by atoms with Crippen molar-refractivity contribution in [1.82, 2.24) is 4.90 Å². The monoisotopic (exact) mass is 372 g/mol. The number of alkyl halides is 2. The van der Waals surface area contributed by atoms with Crippen LogP contribution in [-0.2, 0) is 14.3 Å². The third-order valence-corrected chi connectivity index (χ3v) is 4.58. The smallest absolute Gasteiger partial charge is 0.310 e. The van der Waals surface area contributed by atoms with Gasteiger partial charge in [0, 0.05) is 17.1 Å². The normalized spacial score (nSPS) is 18.2. The number of halogens is 2. The largest absolute Gasteiger partial charge is 0.466 e. The van der Waals surface area contributed by atoms with Crippen LogP contribution >= 0.6 is 11.8 Å². The summed E-state index contributed by atoms with van der Waals surface area (Å²) in [6, 6.07) is 6.29. The van der Waals surface area contributed by atoms with E-state index in [9.17, 15) is 18.4 Å². The molecule has 5 nitrogen and oxygen atoms in total. The number of likely N-dealkylation sites (tertiary alicyclic amines) is 1. The Balaban J connectivity index is 1.82. The second-order valence-corrected chi connectivity index (χ2v) is 6.84. The molecule has 8 heteroatoms. The summed E-state index contributed by atoms with van der Waals surface area (Å²) in [5, 5.41) is 2.75. The molecule has 1 N–H and O–H groups in total. The fourth-order valence-electron chi connectivity index (χ4n) is 2.77. The minimum atomic E-state index is -2.47. The van der Waals surface area contributed by atoms with Crippen molar-refractivity contribution in [2.24, 2.45) is 5.92 Å². The molecule has 1 unspecified atom stereocenters. The molecule has 1 fully saturated rings. The van der Waals surface area contributed by atoms with Crippen LogP contribution < -0.4 is 5.32 Å². The molecule has 25 heavy (non-hydrogen) atoms. The van der Waals surface area contributed by atoms with Crippen molar-refractivity contribution in [2.75, 3.05) is 31.6 Å². The first-order chi connectivity index (χ1) is 12.0. The Morgan fingerprint density at radius 2 is 2.08 bits per heavy atom. The lowest BCUT2D eigenvalue weighted by molar-refractivity contribution is -0.150.